The lowest BCUT2D eigenvalue weighted by Gasteiger charge is -2.36. The third-order valence-electron chi connectivity index (χ3n) is 5.75. The first kappa shape index (κ1) is 27.7. The normalized spacial score (nSPS) is 15.7. The number of aromatic amines is 1. The summed E-state index contributed by atoms with van der Waals surface area (Å²) in [5.74, 6) is -0.879. The number of H-pyrrole nitrogens is 1. The highest BCUT2D eigenvalue weighted by Gasteiger charge is 2.33. The quantitative estimate of drug-likeness (QED) is 0.329. The first-order chi connectivity index (χ1) is 17.6. The van der Waals surface area contributed by atoms with Crippen LogP contribution in [-0.4, -0.2) is 73.1 Å². The molecule has 1 aliphatic heterocycles. The van der Waals surface area contributed by atoms with Gasteiger partial charge in [-0.3, -0.25) is 18.6 Å². The molecule has 0 bridgehead atoms. The molecule has 0 amide bonds. The van der Waals surface area contributed by atoms with Crippen LogP contribution in [0.25, 0.3) is 11.0 Å². The predicted octanol–water partition coefficient (Wildman–Crippen LogP) is 1.53. The smallest absolute Gasteiger partial charge is 0.369 e. The molecule has 13 nitrogen and oxygen atoms in total. The summed E-state index contributed by atoms with van der Waals surface area (Å²) >= 11 is 0. The van der Waals surface area contributed by atoms with Crippen LogP contribution in [0.2, 0.25) is 0 Å². The molecule has 1 fully saturated rings. The molecule has 0 aliphatic carbocycles. The number of nitrogens with one attached hydrogen (secondary N) is 1. The molecule has 1 aliphatic rings. The van der Waals surface area contributed by atoms with Gasteiger partial charge in [0.25, 0.3) is 0 Å². The van der Waals surface area contributed by atoms with E-state index in [1.54, 1.807) is 4.90 Å². The summed E-state index contributed by atoms with van der Waals surface area (Å²) < 4.78 is 112. The van der Waals surface area contributed by atoms with Crippen molar-refractivity contribution >= 4 is 37.5 Å². The van der Waals surface area contributed by atoms with Crippen LogP contribution >= 0.6 is 0 Å². The fourth-order valence-corrected chi connectivity index (χ4v) is 4.78. The average Bonchev–Trinajstić information content (AvgIpc) is 3.09. The number of halogens is 3. The van der Waals surface area contributed by atoms with Crippen LogP contribution in [0.15, 0.2) is 41.2 Å². The van der Waals surface area contributed by atoms with Crippen molar-refractivity contribution < 1.29 is 47.5 Å². The van der Waals surface area contributed by atoms with Gasteiger partial charge in [0, 0.05) is 57.1 Å². The molecule has 0 saturated carbocycles. The maximum absolute atomic E-state index is 13.3. The van der Waals surface area contributed by atoms with E-state index in [1.165, 1.54) is 22.8 Å². The highest BCUT2D eigenvalue weighted by Crippen LogP contribution is 2.36. The Hall–Kier alpha value is -3.32. The first-order valence-electron chi connectivity index (χ1n) is 10.8. The van der Waals surface area contributed by atoms with Gasteiger partial charge < -0.3 is 18.3 Å². The third-order valence-corrected chi connectivity index (χ3v) is 6.55. The minimum Gasteiger partial charge on any atom is -0.369 e. The standard InChI is InChI=1S/C20H21F3N4O9S2/c21-20(22,23)13-9-14(11-16(10-13)36-38(32,33)34)26-6-3-25(4-7-26)5-8-27-18-12-15(35-37(29,30)31)1-2-17(18)24-19(27)28/h1-2,9-12H,3-8H2,(H,24,28)(H,29,30,31)(H,32,33,34). The summed E-state index contributed by atoms with van der Waals surface area (Å²) in [5.41, 5.74) is -0.803. The summed E-state index contributed by atoms with van der Waals surface area (Å²) in [4.78, 5) is 18.6. The molecule has 2 aromatic carbocycles. The number of hydrogen-bond acceptors (Lipinski definition) is 9. The zero-order chi connectivity index (χ0) is 27.9. The number of aromatic nitrogens is 2. The van der Waals surface area contributed by atoms with Crippen molar-refractivity contribution in [2.24, 2.45) is 0 Å². The number of anilines is 1. The van der Waals surface area contributed by atoms with E-state index in [0.717, 1.165) is 12.1 Å². The highest BCUT2D eigenvalue weighted by atomic mass is 32.3. The summed E-state index contributed by atoms with van der Waals surface area (Å²) in [6.45, 7) is 1.86. The number of hydrogen-bond donors (Lipinski definition) is 3. The van der Waals surface area contributed by atoms with Crippen molar-refractivity contribution in [3.8, 4) is 11.5 Å². The van der Waals surface area contributed by atoms with E-state index >= 15 is 0 Å². The summed E-state index contributed by atoms with van der Waals surface area (Å²) in [5, 5.41) is 0. The Morgan fingerprint density at radius 3 is 2.11 bits per heavy atom. The van der Waals surface area contributed by atoms with Gasteiger partial charge in [-0.05, 0) is 24.3 Å². The molecule has 38 heavy (non-hydrogen) atoms. The lowest BCUT2D eigenvalue weighted by molar-refractivity contribution is -0.137. The Balaban J connectivity index is 1.45. The Kier molecular flexibility index (Phi) is 7.36. The number of alkyl halides is 3. The molecule has 0 unspecified atom stereocenters. The van der Waals surface area contributed by atoms with E-state index in [9.17, 15) is 34.8 Å². The fourth-order valence-electron chi connectivity index (χ4n) is 4.10. The zero-order valence-corrected chi connectivity index (χ0v) is 20.9. The lowest BCUT2D eigenvalue weighted by Crippen LogP contribution is -2.47. The molecular formula is C20H21F3N4O9S2. The number of rotatable bonds is 8. The Morgan fingerprint density at radius 1 is 0.868 bits per heavy atom. The highest BCUT2D eigenvalue weighted by molar-refractivity contribution is 7.81. The van der Waals surface area contributed by atoms with Crippen molar-refractivity contribution in [2.75, 3.05) is 37.6 Å². The number of imidazole rings is 1. The van der Waals surface area contributed by atoms with E-state index in [4.69, 9.17) is 9.11 Å². The second kappa shape index (κ2) is 10.1. The van der Waals surface area contributed by atoms with Crippen LogP contribution in [-0.2, 0) is 33.5 Å². The lowest BCUT2D eigenvalue weighted by atomic mass is 10.1. The molecule has 3 aromatic rings. The second-order valence-electron chi connectivity index (χ2n) is 8.32. The minimum absolute atomic E-state index is 0.0531. The van der Waals surface area contributed by atoms with Gasteiger partial charge in [0.05, 0.1) is 16.6 Å². The van der Waals surface area contributed by atoms with Gasteiger partial charge in [0.1, 0.15) is 11.5 Å². The topological polar surface area (TPSA) is 171 Å². The molecule has 2 heterocycles. The van der Waals surface area contributed by atoms with Crippen LogP contribution in [0, 0.1) is 0 Å². The summed E-state index contributed by atoms with van der Waals surface area (Å²) in [6.07, 6.45) is -4.78. The summed E-state index contributed by atoms with van der Waals surface area (Å²) in [7, 11) is -9.79. The fraction of sp³-hybridized carbons (Fsp3) is 0.350. The monoisotopic (exact) mass is 582 g/mol. The van der Waals surface area contributed by atoms with Crippen LogP contribution in [0.5, 0.6) is 11.5 Å². The molecule has 4 rings (SSSR count). The van der Waals surface area contributed by atoms with E-state index in [1.807, 2.05) is 4.90 Å². The molecule has 18 heteroatoms. The van der Waals surface area contributed by atoms with E-state index in [-0.39, 0.29) is 31.1 Å². The molecule has 1 aromatic heterocycles. The second-order valence-corrected chi connectivity index (χ2v) is 10.4. The molecule has 0 atom stereocenters. The molecule has 3 N–H and O–H groups in total. The molecule has 0 radical (unpaired) electrons. The van der Waals surface area contributed by atoms with E-state index < -0.39 is 44.0 Å². The largest absolute Gasteiger partial charge is 0.446 e. The van der Waals surface area contributed by atoms with Gasteiger partial charge in [-0.15, -0.1) is 0 Å². The third kappa shape index (κ3) is 6.95. The van der Waals surface area contributed by atoms with Crippen molar-refractivity contribution in [1.29, 1.82) is 0 Å². The number of benzene rings is 2. The first-order valence-corrected chi connectivity index (χ1v) is 13.6. The number of piperazine rings is 1. The van der Waals surface area contributed by atoms with Gasteiger partial charge >= 0.3 is 32.7 Å². The van der Waals surface area contributed by atoms with Crippen molar-refractivity contribution in [2.45, 2.75) is 12.7 Å². The maximum Gasteiger partial charge on any atom is 0.446 e. The Bertz CT molecular complexity index is 1610. The van der Waals surface area contributed by atoms with Gasteiger partial charge in [-0.2, -0.15) is 30.0 Å². The van der Waals surface area contributed by atoms with Gasteiger partial charge in [-0.25, -0.2) is 4.79 Å². The van der Waals surface area contributed by atoms with Crippen molar-refractivity contribution in [3.63, 3.8) is 0 Å². The zero-order valence-electron chi connectivity index (χ0n) is 19.3. The van der Waals surface area contributed by atoms with Crippen molar-refractivity contribution in [1.82, 2.24) is 14.5 Å². The number of fused-ring (bicyclic) bond motifs is 1. The number of nitrogens with zero attached hydrogens (tertiary/aromatic N) is 3. The molecular weight excluding hydrogens is 561 g/mol. The van der Waals surface area contributed by atoms with Crippen LogP contribution in [0.3, 0.4) is 0 Å². The Morgan fingerprint density at radius 2 is 1.50 bits per heavy atom. The van der Waals surface area contributed by atoms with Gasteiger partial charge in [-0.1, -0.05) is 0 Å². The average molecular weight is 583 g/mol. The molecule has 208 valence electrons. The Labute approximate surface area is 213 Å². The predicted molar refractivity (Wildman–Crippen MR) is 127 cm³/mol. The van der Waals surface area contributed by atoms with Gasteiger partial charge in [0.15, 0.2) is 0 Å². The van der Waals surface area contributed by atoms with Crippen LogP contribution < -0.4 is 19.0 Å². The van der Waals surface area contributed by atoms with Crippen LogP contribution in [0.4, 0.5) is 18.9 Å². The maximum atomic E-state index is 13.3. The van der Waals surface area contributed by atoms with Gasteiger partial charge in [0.2, 0.25) is 0 Å². The summed E-state index contributed by atoms with van der Waals surface area (Å²) in [6, 6.07) is 6.36. The van der Waals surface area contributed by atoms with E-state index in [2.05, 4.69) is 13.4 Å². The SMILES string of the molecule is O=c1[nH]c2ccc(OS(=O)(=O)O)cc2n1CCN1CCN(c2cc(OS(=O)(=O)O)cc(C(F)(F)F)c2)CC1. The van der Waals surface area contributed by atoms with Crippen LogP contribution in [0.1, 0.15) is 5.56 Å². The molecule has 0 spiro atoms. The van der Waals surface area contributed by atoms with Crippen molar-refractivity contribution in [3.05, 3.63) is 52.4 Å². The molecule has 1 saturated heterocycles. The minimum atomic E-state index is -5.03. The van der Waals surface area contributed by atoms with E-state index in [0.29, 0.717) is 36.7 Å².